The van der Waals surface area contributed by atoms with Crippen LogP contribution in [0.1, 0.15) is 135 Å². The largest absolute Gasteiger partial charge is 0.506 e. The highest BCUT2D eigenvalue weighted by Gasteiger charge is 2.30. The third-order valence-electron chi connectivity index (χ3n) is 14.9. The molecule has 0 aliphatic rings. The lowest BCUT2D eigenvalue weighted by Gasteiger charge is -2.25. The van der Waals surface area contributed by atoms with Gasteiger partial charge in [-0.3, -0.25) is 9.13 Å². The van der Waals surface area contributed by atoms with Crippen LogP contribution >= 0.6 is 0 Å². The van der Waals surface area contributed by atoms with Crippen molar-refractivity contribution < 1.29 is 5.11 Å². The third kappa shape index (κ3) is 9.35. The molecular formula is C69H69N5O. The first-order chi connectivity index (χ1) is 35.6. The summed E-state index contributed by atoms with van der Waals surface area (Å²) in [5.74, 6) is 1.59. The van der Waals surface area contributed by atoms with E-state index in [0.717, 1.165) is 89.3 Å². The molecule has 0 spiro atoms. The number of para-hydroxylation sites is 3. The standard InChI is InChI=1S/C69H69N5O/c1-42(2)54-37-46(44-23-16-14-17-24-44)38-55(43(3)4)63(54)74-61-30-22-27-53(62(61)72-66(74)57-40-52(69(11,12)13)36-49(41-70)64(57)75)47-33-48(35-51(34-47)68(8,9)10)65-71-58-28-20-21-29-60(58)73(65)59-32-31-50(67(5,6)7)39-56(59)45-25-18-15-19-26-45/h14-40,42-43,75H,1-13H3. The van der Waals surface area contributed by atoms with Crippen LogP contribution in [0, 0.1) is 11.3 Å². The van der Waals surface area contributed by atoms with Crippen LogP contribution in [0.5, 0.6) is 5.75 Å². The van der Waals surface area contributed by atoms with Gasteiger partial charge in [-0.2, -0.15) is 5.26 Å². The van der Waals surface area contributed by atoms with Gasteiger partial charge in [0.2, 0.25) is 0 Å². The van der Waals surface area contributed by atoms with Crippen LogP contribution in [-0.2, 0) is 16.2 Å². The van der Waals surface area contributed by atoms with E-state index in [1.807, 2.05) is 12.1 Å². The summed E-state index contributed by atoms with van der Waals surface area (Å²) in [4.78, 5) is 11.2. The molecule has 0 aliphatic heterocycles. The van der Waals surface area contributed by atoms with Crippen molar-refractivity contribution in [2.75, 3.05) is 0 Å². The lowest BCUT2D eigenvalue weighted by molar-refractivity contribution is 0.473. The molecule has 6 nitrogen and oxygen atoms in total. The van der Waals surface area contributed by atoms with Crippen LogP contribution < -0.4 is 0 Å². The van der Waals surface area contributed by atoms with E-state index in [1.165, 1.54) is 16.7 Å². The Labute approximate surface area is 444 Å². The van der Waals surface area contributed by atoms with Gasteiger partial charge in [0.25, 0.3) is 0 Å². The first kappa shape index (κ1) is 50.5. The van der Waals surface area contributed by atoms with Gasteiger partial charge in [0.1, 0.15) is 23.5 Å². The molecule has 0 bridgehead atoms. The van der Waals surface area contributed by atoms with Crippen molar-refractivity contribution in [2.45, 2.75) is 118 Å². The van der Waals surface area contributed by atoms with Crippen molar-refractivity contribution in [2.24, 2.45) is 0 Å². The van der Waals surface area contributed by atoms with Crippen LogP contribution in [-0.4, -0.2) is 24.2 Å². The Morgan fingerprint density at radius 1 is 0.453 bits per heavy atom. The zero-order valence-corrected chi connectivity index (χ0v) is 45.9. The number of nitriles is 1. The summed E-state index contributed by atoms with van der Waals surface area (Å²) >= 11 is 0. The quantitative estimate of drug-likeness (QED) is 0.156. The molecule has 10 aromatic rings. The molecule has 8 aromatic carbocycles. The maximum atomic E-state index is 12.3. The number of hydrogen-bond donors (Lipinski definition) is 1. The van der Waals surface area contributed by atoms with E-state index >= 15 is 0 Å². The van der Waals surface area contributed by atoms with Gasteiger partial charge in [0.05, 0.1) is 44.6 Å². The maximum Gasteiger partial charge on any atom is 0.149 e. The van der Waals surface area contributed by atoms with Crippen LogP contribution in [0.15, 0.2) is 164 Å². The lowest BCUT2D eigenvalue weighted by Crippen LogP contribution is -2.13. The fourth-order valence-corrected chi connectivity index (χ4v) is 10.5. The number of imidazole rings is 2. The van der Waals surface area contributed by atoms with Gasteiger partial charge in [-0.25, -0.2) is 9.97 Å². The predicted octanol–water partition coefficient (Wildman–Crippen LogP) is 18.4. The number of phenols is 1. The summed E-state index contributed by atoms with van der Waals surface area (Å²) < 4.78 is 4.63. The second kappa shape index (κ2) is 19.0. The van der Waals surface area contributed by atoms with E-state index in [0.29, 0.717) is 11.4 Å². The van der Waals surface area contributed by atoms with Gasteiger partial charge >= 0.3 is 0 Å². The highest BCUT2D eigenvalue weighted by atomic mass is 16.3. The molecule has 6 heteroatoms. The van der Waals surface area contributed by atoms with Crippen molar-refractivity contribution in [3.8, 4) is 79.3 Å². The number of aromatic nitrogens is 4. The van der Waals surface area contributed by atoms with E-state index in [1.54, 1.807) is 0 Å². The maximum absolute atomic E-state index is 12.3. The fraction of sp³-hybridized carbons (Fsp3) is 0.261. The van der Waals surface area contributed by atoms with E-state index in [-0.39, 0.29) is 39.4 Å². The van der Waals surface area contributed by atoms with Crippen LogP contribution in [0.3, 0.4) is 0 Å². The summed E-state index contributed by atoms with van der Waals surface area (Å²) in [6.45, 7) is 29.0. The molecule has 376 valence electrons. The fourth-order valence-electron chi connectivity index (χ4n) is 10.5. The van der Waals surface area contributed by atoms with E-state index < -0.39 is 0 Å². The molecule has 1 N–H and O–H groups in total. The minimum absolute atomic E-state index is 0.0593. The number of fused-ring (bicyclic) bond motifs is 2. The first-order valence-electron chi connectivity index (χ1n) is 26.5. The molecule has 0 atom stereocenters. The van der Waals surface area contributed by atoms with Crippen molar-refractivity contribution in [1.82, 2.24) is 19.1 Å². The Kier molecular flexibility index (Phi) is 12.8. The Balaban J connectivity index is 1.30. The summed E-state index contributed by atoms with van der Waals surface area (Å²) in [6.07, 6.45) is 0. The highest BCUT2D eigenvalue weighted by molar-refractivity contribution is 5.98. The van der Waals surface area contributed by atoms with E-state index in [9.17, 15) is 10.4 Å². The third-order valence-corrected chi connectivity index (χ3v) is 14.9. The van der Waals surface area contributed by atoms with Crippen LogP contribution in [0.25, 0.3) is 89.6 Å². The second-order valence-electron chi connectivity index (χ2n) is 24.1. The Morgan fingerprint density at radius 3 is 1.63 bits per heavy atom. The SMILES string of the molecule is CC(C)c1cc(-c2ccccc2)cc(C(C)C)c1-n1c(-c2cc(C(C)(C)C)cc(C#N)c2O)nc2c(-c3cc(-c4nc5ccccc5n4-c4ccc(C(C)(C)C)cc4-c4ccccc4)cc(C(C)(C)C)c3)cccc21. The van der Waals surface area contributed by atoms with Gasteiger partial charge < -0.3 is 5.11 Å². The molecule has 0 radical (unpaired) electrons. The Bertz CT molecular complexity index is 3810. The smallest absolute Gasteiger partial charge is 0.149 e. The lowest BCUT2D eigenvalue weighted by atomic mass is 9.83. The Morgan fingerprint density at radius 2 is 1.01 bits per heavy atom. The monoisotopic (exact) mass is 984 g/mol. The molecule has 10 rings (SSSR count). The number of phenolic OH excluding ortho intramolecular Hbond substituents is 1. The van der Waals surface area contributed by atoms with Gasteiger partial charge in [0.15, 0.2) is 0 Å². The molecule has 0 saturated heterocycles. The minimum Gasteiger partial charge on any atom is -0.506 e. The molecule has 2 heterocycles. The Hall–Kier alpha value is -8.01. The van der Waals surface area contributed by atoms with Gasteiger partial charge in [0, 0.05) is 16.7 Å². The van der Waals surface area contributed by atoms with Crippen molar-refractivity contribution in [3.63, 3.8) is 0 Å². The van der Waals surface area contributed by atoms with E-state index in [4.69, 9.17) is 9.97 Å². The zero-order valence-electron chi connectivity index (χ0n) is 45.9. The van der Waals surface area contributed by atoms with E-state index in [2.05, 4.69) is 257 Å². The zero-order chi connectivity index (χ0) is 53.3. The number of benzene rings is 8. The normalized spacial score (nSPS) is 12.3. The van der Waals surface area contributed by atoms with Crippen LogP contribution in [0.2, 0.25) is 0 Å². The van der Waals surface area contributed by atoms with Gasteiger partial charge in [-0.1, -0.05) is 187 Å². The van der Waals surface area contributed by atoms with Crippen LogP contribution in [0.4, 0.5) is 0 Å². The molecule has 0 aliphatic carbocycles. The first-order valence-corrected chi connectivity index (χ1v) is 26.5. The second-order valence-corrected chi connectivity index (χ2v) is 24.1. The molecule has 0 amide bonds. The van der Waals surface area contributed by atoms with Crippen molar-refractivity contribution >= 4 is 22.1 Å². The number of aromatic hydroxyl groups is 1. The summed E-state index contributed by atoms with van der Waals surface area (Å²) in [5.41, 5.74) is 19.0. The summed E-state index contributed by atoms with van der Waals surface area (Å²) in [5, 5.41) is 22.9. The number of rotatable bonds is 9. The average Bonchev–Trinajstić information content (AvgIpc) is 3.97. The predicted molar refractivity (Wildman–Crippen MR) is 314 cm³/mol. The number of hydrogen-bond acceptors (Lipinski definition) is 4. The molecule has 0 fully saturated rings. The van der Waals surface area contributed by atoms with Gasteiger partial charge in [-0.15, -0.1) is 0 Å². The molecule has 0 saturated carbocycles. The molecule has 2 aromatic heterocycles. The van der Waals surface area contributed by atoms with Crippen molar-refractivity contribution in [1.29, 1.82) is 5.26 Å². The number of nitrogens with zero attached hydrogens (tertiary/aromatic N) is 5. The topological polar surface area (TPSA) is 79.7 Å². The molecular weight excluding hydrogens is 915 g/mol. The summed E-state index contributed by atoms with van der Waals surface area (Å²) in [7, 11) is 0. The molecule has 75 heavy (non-hydrogen) atoms. The average molecular weight is 984 g/mol. The molecule has 0 unspecified atom stereocenters. The highest BCUT2D eigenvalue weighted by Crippen LogP contribution is 2.46. The van der Waals surface area contributed by atoms with Crippen molar-refractivity contribution in [3.05, 3.63) is 197 Å². The summed E-state index contributed by atoms with van der Waals surface area (Å²) in [6, 6.07) is 60.9. The van der Waals surface area contributed by atoms with Gasteiger partial charge in [-0.05, 0) is 145 Å². The minimum atomic E-state index is -0.323.